The summed E-state index contributed by atoms with van der Waals surface area (Å²) in [6, 6.07) is 8.99. The first-order valence-electron chi connectivity index (χ1n) is 16.5. The number of nitrogens with two attached hydrogens (primary N) is 1. The monoisotopic (exact) mass is 610 g/mol. The minimum atomic E-state index is -0.703. The summed E-state index contributed by atoms with van der Waals surface area (Å²) < 4.78 is 2.08. The highest BCUT2D eigenvalue weighted by atomic mass is 16.2. The standard InChI is InChI=1S/C35H42N6O4/c1-34(15-18-39(19-16-34)33(45)35(14-17-36)12-3-2-4-13-35)40-22-23(21-37-40)20-24-8-9-27-30-25(24)6-5-7-26(30)32(44)41(27)28-10-11-29(42)38-31(28)43/h5-9,21-22,28H,2-4,10-20,36H2,1H3,(H,38,42,43). The maximum Gasteiger partial charge on any atom is 0.259 e. The van der Waals surface area contributed by atoms with Gasteiger partial charge in [0.25, 0.3) is 5.91 Å². The van der Waals surface area contributed by atoms with Crippen molar-refractivity contribution in [3.63, 3.8) is 0 Å². The molecule has 1 aromatic heterocycles. The van der Waals surface area contributed by atoms with Gasteiger partial charge in [-0.15, -0.1) is 0 Å². The Bertz CT molecular complexity index is 1670. The van der Waals surface area contributed by atoms with Crippen molar-refractivity contribution in [2.45, 2.75) is 89.1 Å². The molecule has 7 rings (SSSR count). The van der Waals surface area contributed by atoms with Crippen molar-refractivity contribution in [2.24, 2.45) is 11.1 Å². The van der Waals surface area contributed by atoms with E-state index < -0.39 is 11.9 Å². The molecule has 0 radical (unpaired) electrons. The van der Waals surface area contributed by atoms with Crippen LogP contribution in [0.5, 0.6) is 0 Å². The molecule has 3 N–H and O–H groups in total. The Morgan fingerprint density at radius 2 is 1.82 bits per heavy atom. The predicted molar refractivity (Wildman–Crippen MR) is 171 cm³/mol. The summed E-state index contributed by atoms with van der Waals surface area (Å²) in [5.41, 5.74) is 8.96. The van der Waals surface area contributed by atoms with Gasteiger partial charge in [-0.1, -0.05) is 37.5 Å². The van der Waals surface area contributed by atoms with Gasteiger partial charge in [0.1, 0.15) is 6.04 Å². The third-order valence-electron chi connectivity index (χ3n) is 10.9. The van der Waals surface area contributed by atoms with E-state index in [9.17, 15) is 19.2 Å². The molecule has 4 amide bonds. The normalized spacial score (nSPS) is 22.6. The number of rotatable bonds is 7. The lowest BCUT2D eigenvalue weighted by Gasteiger charge is -2.45. The van der Waals surface area contributed by atoms with Crippen LogP contribution in [-0.4, -0.2) is 64.0 Å². The third-order valence-corrected chi connectivity index (χ3v) is 10.9. The number of carbonyl (C=O) groups is 4. The van der Waals surface area contributed by atoms with E-state index in [1.165, 1.54) is 6.42 Å². The van der Waals surface area contributed by atoms with Crippen molar-refractivity contribution in [1.82, 2.24) is 20.0 Å². The first-order valence-corrected chi connectivity index (χ1v) is 16.5. The fraction of sp³-hybridized carbons (Fsp3) is 0.514. The Kier molecular flexibility index (Phi) is 7.50. The highest BCUT2D eigenvalue weighted by molar-refractivity contribution is 6.27. The molecule has 236 valence electrons. The second-order valence-corrected chi connectivity index (χ2v) is 13.8. The molecule has 3 aromatic rings. The van der Waals surface area contributed by atoms with Crippen molar-refractivity contribution in [3.05, 3.63) is 59.4 Å². The number of benzene rings is 2. The van der Waals surface area contributed by atoms with E-state index in [2.05, 4.69) is 28.0 Å². The molecule has 2 aromatic carbocycles. The van der Waals surface area contributed by atoms with Crippen LogP contribution in [0.3, 0.4) is 0 Å². The zero-order chi connectivity index (χ0) is 31.3. The van der Waals surface area contributed by atoms with Crippen LogP contribution in [0.1, 0.15) is 92.6 Å². The number of nitrogens with zero attached hydrogens (tertiary/aromatic N) is 4. The van der Waals surface area contributed by atoms with Crippen LogP contribution < -0.4 is 16.0 Å². The van der Waals surface area contributed by atoms with Gasteiger partial charge in [-0.05, 0) is 80.6 Å². The first kappa shape index (κ1) is 29.6. The number of aromatic nitrogens is 2. The van der Waals surface area contributed by atoms with E-state index in [4.69, 9.17) is 10.8 Å². The molecule has 1 aliphatic carbocycles. The lowest BCUT2D eigenvalue weighted by molar-refractivity contribution is -0.147. The van der Waals surface area contributed by atoms with Gasteiger partial charge in [0.05, 0.1) is 22.8 Å². The van der Waals surface area contributed by atoms with Gasteiger partial charge < -0.3 is 10.6 Å². The molecule has 10 nitrogen and oxygen atoms in total. The minimum absolute atomic E-state index is 0.181. The molecule has 4 aliphatic rings. The van der Waals surface area contributed by atoms with Gasteiger partial charge in [0.15, 0.2) is 0 Å². The van der Waals surface area contributed by atoms with Crippen molar-refractivity contribution < 1.29 is 19.2 Å². The largest absolute Gasteiger partial charge is 0.342 e. The summed E-state index contributed by atoms with van der Waals surface area (Å²) in [5, 5.41) is 9.02. The first-order chi connectivity index (χ1) is 21.7. The second-order valence-electron chi connectivity index (χ2n) is 13.8. The number of amides is 4. The average molecular weight is 611 g/mol. The molecule has 3 aliphatic heterocycles. The van der Waals surface area contributed by atoms with Gasteiger partial charge in [0, 0.05) is 43.1 Å². The lowest BCUT2D eigenvalue weighted by Crippen LogP contribution is -2.53. The number of imide groups is 1. The minimum Gasteiger partial charge on any atom is -0.342 e. The Morgan fingerprint density at radius 1 is 1.04 bits per heavy atom. The van der Waals surface area contributed by atoms with Crippen molar-refractivity contribution in [2.75, 3.05) is 24.5 Å². The fourth-order valence-electron chi connectivity index (χ4n) is 8.26. The maximum absolute atomic E-state index is 13.7. The van der Waals surface area contributed by atoms with E-state index >= 15 is 0 Å². The number of hydrogen-bond donors (Lipinski definition) is 2. The molecule has 3 fully saturated rings. The molecule has 10 heteroatoms. The Labute approximate surface area is 263 Å². The Morgan fingerprint density at radius 3 is 2.56 bits per heavy atom. The highest BCUT2D eigenvalue weighted by Crippen LogP contribution is 2.43. The highest BCUT2D eigenvalue weighted by Gasteiger charge is 2.44. The summed E-state index contributed by atoms with van der Waals surface area (Å²) in [5.74, 6) is -0.627. The smallest absolute Gasteiger partial charge is 0.259 e. The van der Waals surface area contributed by atoms with Gasteiger partial charge in [-0.3, -0.25) is 34.1 Å². The molecule has 1 atom stereocenters. The lowest BCUT2D eigenvalue weighted by atomic mass is 9.70. The molecule has 4 heterocycles. The SMILES string of the molecule is CC1(n2cc(Cc3ccc4c5c(cccc35)C(=O)N4C3CCC(=O)NC3=O)cn2)CCN(C(=O)C2(CCN)CCCCC2)CC1. The summed E-state index contributed by atoms with van der Waals surface area (Å²) in [6.45, 7) is 4.24. The number of carbonyl (C=O) groups excluding carboxylic acids is 4. The van der Waals surface area contributed by atoms with Crippen molar-refractivity contribution >= 4 is 40.1 Å². The van der Waals surface area contributed by atoms with E-state index in [0.717, 1.165) is 85.6 Å². The molecule has 0 bridgehead atoms. The topological polar surface area (TPSA) is 131 Å². The zero-order valence-electron chi connectivity index (χ0n) is 26.0. The third kappa shape index (κ3) is 5.03. The molecular weight excluding hydrogens is 568 g/mol. The quantitative estimate of drug-likeness (QED) is 0.389. The van der Waals surface area contributed by atoms with Gasteiger partial charge in [0.2, 0.25) is 17.7 Å². The Hall–Kier alpha value is -4.05. The summed E-state index contributed by atoms with van der Waals surface area (Å²) in [6.07, 6.45) is 13.0. The molecule has 1 unspecified atom stereocenters. The van der Waals surface area contributed by atoms with E-state index in [1.54, 1.807) is 4.90 Å². The molecule has 0 spiro atoms. The second kappa shape index (κ2) is 11.4. The van der Waals surface area contributed by atoms with Gasteiger partial charge in [-0.2, -0.15) is 5.10 Å². The van der Waals surface area contributed by atoms with Crippen molar-refractivity contribution in [1.29, 1.82) is 0 Å². The average Bonchev–Trinajstić information content (AvgIpc) is 3.63. The van der Waals surface area contributed by atoms with Crippen LogP contribution in [0.25, 0.3) is 10.8 Å². The van der Waals surface area contributed by atoms with Gasteiger partial charge >= 0.3 is 0 Å². The van der Waals surface area contributed by atoms with Crippen molar-refractivity contribution in [3.8, 4) is 0 Å². The van der Waals surface area contributed by atoms with Crippen LogP contribution in [0.15, 0.2) is 42.7 Å². The van der Waals surface area contributed by atoms with Crippen LogP contribution in [0.2, 0.25) is 0 Å². The number of piperidine rings is 2. The number of hydrogen-bond acceptors (Lipinski definition) is 6. The summed E-state index contributed by atoms with van der Waals surface area (Å²) >= 11 is 0. The maximum atomic E-state index is 13.7. The van der Waals surface area contributed by atoms with Crippen LogP contribution in [0.4, 0.5) is 5.69 Å². The number of anilines is 1. The van der Waals surface area contributed by atoms with Crippen LogP contribution in [0, 0.1) is 5.41 Å². The summed E-state index contributed by atoms with van der Waals surface area (Å²) in [4.78, 5) is 55.3. The molecule has 2 saturated heterocycles. The Balaban J connectivity index is 1.08. The molecule has 45 heavy (non-hydrogen) atoms. The zero-order valence-corrected chi connectivity index (χ0v) is 26.0. The predicted octanol–water partition coefficient (Wildman–Crippen LogP) is 4.03. The van der Waals surface area contributed by atoms with E-state index in [0.29, 0.717) is 30.9 Å². The fourth-order valence-corrected chi connectivity index (χ4v) is 8.26. The van der Waals surface area contributed by atoms with E-state index in [1.807, 2.05) is 36.5 Å². The van der Waals surface area contributed by atoms with Gasteiger partial charge in [-0.25, -0.2) is 0 Å². The number of nitrogens with one attached hydrogen (secondary N) is 1. The summed E-state index contributed by atoms with van der Waals surface area (Å²) in [7, 11) is 0. The van der Waals surface area contributed by atoms with Crippen LogP contribution in [-0.2, 0) is 26.3 Å². The molecule has 1 saturated carbocycles. The number of likely N-dealkylation sites (tertiary alicyclic amines) is 1. The van der Waals surface area contributed by atoms with Crippen LogP contribution >= 0.6 is 0 Å². The van der Waals surface area contributed by atoms with E-state index in [-0.39, 0.29) is 29.2 Å². The molecular formula is C35H42N6O4.